The molecule has 0 bridgehead atoms. The number of rotatable bonds is 4. The second kappa shape index (κ2) is 5.71. The van der Waals surface area contributed by atoms with Crippen molar-refractivity contribution >= 4 is 17.6 Å². The first kappa shape index (κ1) is 15.3. The summed E-state index contributed by atoms with van der Waals surface area (Å²) in [6.07, 6.45) is 0. The van der Waals surface area contributed by atoms with E-state index in [4.69, 9.17) is 0 Å². The first-order valence-electron chi connectivity index (χ1n) is 7.11. The Morgan fingerprint density at radius 1 is 1.14 bits per heavy atom. The smallest absolute Gasteiger partial charge is 0.312 e. The summed E-state index contributed by atoms with van der Waals surface area (Å²) in [6.45, 7) is 7.02. The molecule has 2 amide bonds. The zero-order chi connectivity index (χ0) is 15.7. The van der Waals surface area contributed by atoms with Gasteiger partial charge in [0.25, 0.3) is 0 Å². The first-order chi connectivity index (χ1) is 9.86. The van der Waals surface area contributed by atoms with Gasteiger partial charge in [-0.2, -0.15) is 0 Å². The average Bonchev–Trinajstić information content (AvgIpc) is 2.72. The van der Waals surface area contributed by atoms with Crippen molar-refractivity contribution in [2.45, 2.75) is 20.8 Å². The Morgan fingerprint density at radius 2 is 1.71 bits per heavy atom. The summed E-state index contributed by atoms with van der Waals surface area (Å²) in [7, 11) is 1.90. The molecule has 0 aliphatic carbocycles. The number of hydrogen-bond acceptors (Lipinski definition) is 3. The number of piperazine rings is 1. The molecule has 0 unspecified atom stereocenters. The Hall–Kier alpha value is -2.11. The van der Waals surface area contributed by atoms with Crippen molar-refractivity contribution in [3.63, 3.8) is 0 Å². The van der Waals surface area contributed by atoms with Crippen LogP contribution >= 0.6 is 0 Å². The van der Waals surface area contributed by atoms with Gasteiger partial charge in [-0.3, -0.25) is 14.4 Å². The van der Waals surface area contributed by atoms with Crippen LogP contribution in [0.15, 0.2) is 6.07 Å². The van der Waals surface area contributed by atoms with Crippen molar-refractivity contribution < 1.29 is 14.4 Å². The number of aromatic nitrogens is 1. The lowest BCUT2D eigenvalue weighted by molar-refractivity contribution is -0.155. The third-order valence-corrected chi connectivity index (χ3v) is 4.19. The molecular formula is C15H21N3O3. The number of carbonyl (C=O) groups is 3. The molecular weight excluding hydrogens is 270 g/mol. The van der Waals surface area contributed by atoms with Crippen LogP contribution in [-0.4, -0.2) is 58.1 Å². The van der Waals surface area contributed by atoms with Gasteiger partial charge in [-0.1, -0.05) is 0 Å². The molecule has 6 nitrogen and oxygen atoms in total. The van der Waals surface area contributed by atoms with Gasteiger partial charge in [0.1, 0.15) is 0 Å². The lowest BCUT2D eigenvalue weighted by Crippen LogP contribution is -2.55. The van der Waals surface area contributed by atoms with E-state index in [0.29, 0.717) is 25.2 Å². The Balaban J connectivity index is 2.11. The molecule has 0 N–H and O–H groups in total. The van der Waals surface area contributed by atoms with Gasteiger partial charge in [0, 0.05) is 43.6 Å². The summed E-state index contributed by atoms with van der Waals surface area (Å²) in [5, 5.41) is 0. The van der Waals surface area contributed by atoms with Crippen molar-refractivity contribution in [2.75, 3.05) is 26.2 Å². The number of hydrogen-bond donors (Lipinski definition) is 0. The molecule has 1 aliphatic heterocycles. The monoisotopic (exact) mass is 291 g/mol. The fourth-order valence-electron chi connectivity index (χ4n) is 2.56. The molecule has 1 aromatic rings. The molecule has 0 radical (unpaired) electrons. The van der Waals surface area contributed by atoms with Gasteiger partial charge < -0.3 is 14.4 Å². The highest BCUT2D eigenvalue weighted by molar-refractivity contribution is 6.35. The van der Waals surface area contributed by atoms with Gasteiger partial charge in [0.05, 0.1) is 6.54 Å². The number of ketones is 1. The molecule has 0 saturated carbocycles. The largest absolute Gasteiger partial charge is 0.351 e. The number of amides is 2. The Bertz CT molecular complexity index is 604. The summed E-state index contributed by atoms with van der Waals surface area (Å²) in [5.41, 5.74) is 2.49. The van der Waals surface area contributed by atoms with E-state index in [-0.39, 0.29) is 12.3 Å². The molecule has 1 saturated heterocycles. The molecule has 1 aromatic heterocycles. The highest BCUT2D eigenvalue weighted by Crippen LogP contribution is 2.15. The summed E-state index contributed by atoms with van der Waals surface area (Å²) < 4.78 is 1.94. The predicted molar refractivity (Wildman–Crippen MR) is 78.1 cm³/mol. The van der Waals surface area contributed by atoms with Crippen LogP contribution in [0.1, 0.15) is 28.7 Å². The van der Waals surface area contributed by atoms with Crippen LogP contribution in [0, 0.1) is 13.8 Å². The number of Topliss-reactive ketones (excluding diaryl/α,β-unsaturated/α-hetero) is 1. The molecule has 1 aliphatic rings. The van der Waals surface area contributed by atoms with Crippen LogP contribution in [0.2, 0.25) is 0 Å². The maximum atomic E-state index is 12.4. The highest BCUT2D eigenvalue weighted by atomic mass is 16.2. The summed E-state index contributed by atoms with van der Waals surface area (Å²) in [5.74, 6) is -1.22. The second-order valence-electron chi connectivity index (χ2n) is 5.38. The number of likely N-dealkylation sites (N-methyl/N-ethyl adjacent to an activating group) is 1. The SMILES string of the molecule is CCN1CCN(CC(=O)c2cc(C)n(C)c2C)C(=O)C1=O. The molecule has 0 spiro atoms. The lowest BCUT2D eigenvalue weighted by atomic mass is 10.1. The maximum Gasteiger partial charge on any atom is 0.312 e. The summed E-state index contributed by atoms with van der Waals surface area (Å²) in [6, 6.07) is 1.83. The van der Waals surface area contributed by atoms with Gasteiger partial charge in [0.2, 0.25) is 0 Å². The minimum Gasteiger partial charge on any atom is -0.351 e. The first-order valence-corrected chi connectivity index (χ1v) is 7.11. The predicted octanol–water partition coefficient (Wildman–Crippen LogP) is 0.515. The Kier molecular flexibility index (Phi) is 4.16. The van der Waals surface area contributed by atoms with E-state index in [9.17, 15) is 14.4 Å². The molecule has 0 aromatic carbocycles. The third-order valence-electron chi connectivity index (χ3n) is 4.19. The van der Waals surface area contributed by atoms with Crippen molar-refractivity contribution in [3.05, 3.63) is 23.0 Å². The van der Waals surface area contributed by atoms with E-state index >= 15 is 0 Å². The molecule has 114 valence electrons. The van der Waals surface area contributed by atoms with E-state index in [0.717, 1.165) is 11.4 Å². The van der Waals surface area contributed by atoms with Gasteiger partial charge in [-0.25, -0.2) is 0 Å². The highest BCUT2D eigenvalue weighted by Gasteiger charge is 2.33. The molecule has 2 rings (SSSR count). The average molecular weight is 291 g/mol. The number of carbonyl (C=O) groups excluding carboxylic acids is 3. The molecule has 2 heterocycles. The van der Waals surface area contributed by atoms with Crippen LogP contribution in [0.3, 0.4) is 0 Å². The van der Waals surface area contributed by atoms with Gasteiger partial charge in [-0.15, -0.1) is 0 Å². The van der Waals surface area contributed by atoms with Crippen LogP contribution in [0.25, 0.3) is 0 Å². The molecule has 6 heteroatoms. The number of nitrogens with zero attached hydrogens (tertiary/aromatic N) is 3. The third kappa shape index (κ3) is 2.70. The fourth-order valence-corrected chi connectivity index (χ4v) is 2.56. The molecule has 21 heavy (non-hydrogen) atoms. The van der Waals surface area contributed by atoms with Gasteiger partial charge in [0.15, 0.2) is 5.78 Å². The lowest BCUT2D eigenvalue weighted by Gasteiger charge is -2.32. The van der Waals surface area contributed by atoms with E-state index < -0.39 is 11.8 Å². The van der Waals surface area contributed by atoms with E-state index in [1.165, 1.54) is 9.80 Å². The van der Waals surface area contributed by atoms with Crippen LogP contribution in [0.4, 0.5) is 0 Å². The Morgan fingerprint density at radius 3 is 2.24 bits per heavy atom. The van der Waals surface area contributed by atoms with E-state index in [1.807, 2.05) is 38.5 Å². The van der Waals surface area contributed by atoms with E-state index in [2.05, 4.69) is 0 Å². The van der Waals surface area contributed by atoms with Gasteiger partial charge in [-0.05, 0) is 26.8 Å². The fraction of sp³-hybridized carbons (Fsp3) is 0.533. The number of aryl methyl sites for hydroxylation is 1. The van der Waals surface area contributed by atoms with E-state index in [1.54, 1.807) is 0 Å². The summed E-state index contributed by atoms with van der Waals surface area (Å²) >= 11 is 0. The van der Waals surface area contributed by atoms with Crippen LogP contribution in [0.5, 0.6) is 0 Å². The standard InChI is InChI=1S/C15H21N3O3/c1-5-17-6-7-18(15(21)14(17)20)9-13(19)12-8-10(2)16(4)11(12)3/h8H,5-7,9H2,1-4H3. The minimum absolute atomic E-state index is 0.0353. The van der Waals surface area contributed by atoms with Crippen LogP contribution < -0.4 is 0 Å². The van der Waals surface area contributed by atoms with Crippen molar-refractivity contribution in [3.8, 4) is 0 Å². The topological polar surface area (TPSA) is 62.6 Å². The second-order valence-corrected chi connectivity index (χ2v) is 5.38. The maximum absolute atomic E-state index is 12.4. The van der Waals surface area contributed by atoms with Crippen molar-refractivity contribution in [2.24, 2.45) is 7.05 Å². The quantitative estimate of drug-likeness (QED) is 0.600. The zero-order valence-corrected chi connectivity index (χ0v) is 13.0. The minimum atomic E-state index is -0.582. The van der Waals surface area contributed by atoms with Crippen molar-refractivity contribution in [1.82, 2.24) is 14.4 Å². The molecule has 0 atom stereocenters. The zero-order valence-electron chi connectivity index (χ0n) is 13.0. The van der Waals surface area contributed by atoms with Gasteiger partial charge >= 0.3 is 11.8 Å². The normalized spacial score (nSPS) is 15.8. The van der Waals surface area contributed by atoms with Crippen molar-refractivity contribution in [1.29, 1.82) is 0 Å². The van der Waals surface area contributed by atoms with Crippen LogP contribution in [-0.2, 0) is 16.6 Å². The molecule has 1 fully saturated rings. The summed E-state index contributed by atoms with van der Waals surface area (Å²) in [4.78, 5) is 39.0. The Labute approximate surface area is 124 Å².